The van der Waals surface area contributed by atoms with Crippen LogP contribution in [0.1, 0.15) is 41.4 Å². The van der Waals surface area contributed by atoms with Crippen molar-refractivity contribution in [3.8, 4) is 12.1 Å². The average molecular weight is 951 g/mol. The molecule has 2 amide bonds. The maximum atomic E-state index is 12.5. The summed E-state index contributed by atoms with van der Waals surface area (Å²) in [6.07, 6.45) is 0. The molecule has 166 valence electrons. The molecule has 0 spiro atoms. The molecule has 0 unspecified atom stereocenters. The maximum Gasteiger partial charge on any atom is 0.263 e. The van der Waals surface area contributed by atoms with E-state index in [4.69, 9.17) is 0 Å². The van der Waals surface area contributed by atoms with Gasteiger partial charge in [-0.3, -0.25) is 29.8 Å². The lowest BCUT2D eigenvalue weighted by molar-refractivity contribution is 0.0957. The molecular formula is C18H4Br8N2O4. The second-order valence-electron chi connectivity index (χ2n) is 5.52. The zero-order valence-electron chi connectivity index (χ0n) is 14.8. The largest absolute Gasteiger partial charge is 0.281 e. The number of hydrogen-bond donors (Lipinski definition) is 2. The third-order valence-corrected chi connectivity index (χ3v) is 11.0. The summed E-state index contributed by atoms with van der Waals surface area (Å²) in [5.74, 6) is -1.34. The van der Waals surface area contributed by atoms with E-state index >= 15 is 0 Å². The molecule has 0 aliphatic heterocycles. The first-order chi connectivity index (χ1) is 14.9. The Morgan fingerprint density at radius 3 is 1.19 bits per heavy atom. The second kappa shape index (κ2) is 12.2. The molecule has 0 fully saturated rings. The van der Waals surface area contributed by atoms with Crippen LogP contribution in [0.15, 0.2) is 39.0 Å². The minimum atomic E-state index is -0.672. The van der Waals surface area contributed by atoms with Gasteiger partial charge in [0.05, 0.1) is 22.3 Å². The normalized spacial score (nSPS) is 10.1. The zero-order chi connectivity index (χ0) is 24.3. The fourth-order valence-electron chi connectivity index (χ4n) is 2.24. The Morgan fingerprint density at radius 1 is 0.594 bits per heavy atom. The summed E-state index contributed by atoms with van der Waals surface area (Å²) in [5.41, 5.74) is 0.270. The van der Waals surface area contributed by atoms with Gasteiger partial charge < -0.3 is 0 Å². The Balaban J connectivity index is 2.27. The van der Waals surface area contributed by atoms with Crippen LogP contribution in [0, 0.1) is 12.1 Å². The van der Waals surface area contributed by atoms with E-state index < -0.39 is 21.2 Å². The Morgan fingerprint density at radius 2 is 0.906 bits per heavy atom. The van der Waals surface area contributed by atoms with E-state index in [0.717, 1.165) is 0 Å². The van der Waals surface area contributed by atoms with Crippen LogP contribution in [-0.2, 0) is 0 Å². The molecule has 32 heavy (non-hydrogen) atoms. The average Bonchev–Trinajstić information content (AvgIpc) is 2.71. The second-order valence-corrected chi connectivity index (χ2v) is 11.8. The molecule has 0 saturated carbocycles. The van der Waals surface area contributed by atoms with Gasteiger partial charge in [-0.05, 0) is 140 Å². The summed E-state index contributed by atoms with van der Waals surface area (Å²) in [7, 11) is 0. The van der Waals surface area contributed by atoms with Crippen LogP contribution in [0.2, 0.25) is 0 Å². The Labute approximate surface area is 248 Å². The molecule has 0 heterocycles. The van der Waals surface area contributed by atoms with Gasteiger partial charge in [0, 0.05) is 38.9 Å². The van der Waals surface area contributed by atoms with Gasteiger partial charge in [0.15, 0.2) is 0 Å². The molecule has 2 aromatic carbocycles. The fraction of sp³-hybridized carbons (Fsp3) is 0. The van der Waals surface area contributed by atoms with Crippen LogP contribution in [-0.4, -0.2) is 21.2 Å². The molecule has 2 aromatic rings. The number of hydrogen-bond acceptors (Lipinski definition) is 4. The molecule has 0 atom stereocenters. The lowest BCUT2D eigenvalue weighted by Crippen LogP contribution is -2.24. The first-order valence-corrected chi connectivity index (χ1v) is 14.1. The van der Waals surface area contributed by atoms with Gasteiger partial charge in [-0.25, -0.2) is 0 Å². The summed E-state index contributed by atoms with van der Waals surface area (Å²) in [4.78, 5) is 49.0. The van der Waals surface area contributed by atoms with Crippen LogP contribution in [0.25, 0.3) is 0 Å². The summed E-state index contributed by atoms with van der Waals surface area (Å²) >= 11 is 25.4. The highest BCUT2D eigenvalue weighted by molar-refractivity contribution is 9.19. The predicted octanol–water partition coefficient (Wildman–Crippen LogP) is 7.41. The number of carbonyl (C=O) groups is 4. The van der Waals surface area contributed by atoms with Crippen molar-refractivity contribution in [3.63, 3.8) is 0 Å². The van der Waals surface area contributed by atoms with Crippen molar-refractivity contribution >= 4 is 149 Å². The Bertz CT molecular complexity index is 1160. The van der Waals surface area contributed by atoms with E-state index in [0.29, 0.717) is 26.8 Å². The minimum absolute atomic E-state index is 0.0439. The van der Waals surface area contributed by atoms with Gasteiger partial charge >= 0.3 is 0 Å². The quantitative estimate of drug-likeness (QED) is 0.145. The Kier molecular flexibility index (Phi) is 10.8. The first kappa shape index (κ1) is 28.4. The maximum absolute atomic E-state index is 12.5. The van der Waals surface area contributed by atoms with Gasteiger partial charge in [-0.15, -0.1) is 0 Å². The highest BCUT2D eigenvalue weighted by Gasteiger charge is 2.23. The lowest BCUT2D eigenvalue weighted by atomic mass is 10.1. The summed E-state index contributed by atoms with van der Waals surface area (Å²) < 4.78 is 1.90. The topological polar surface area (TPSA) is 92.3 Å². The number of amides is 2. The third-order valence-electron chi connectivity index (χ3n) is 3.62. The Hall–Kier alpha value is 0.120. The summed E-state index contributed by atoms with van der Waals surface area (Å²) in [6.45, 7) is 0. The SMILES string of the molecule is O=C(NC#CNC(=O)c1cc(Br)c(Br)c(Br)c1C(=O)Br)c1cc(Br)c(Br)c(Br)c1C(=O)Br. The van der Waals surface area contributed by atoms with Gasteiger partial charge in [0.1, 0.15) is 0 Å². The molecule has 14 heteroatoms. The van der Waals surface area contributed by atoms with Crippen molar-refractivity contribution in [3.05, 3.63) is 61.2 Å². The number of halogens is 8. The fourth-order valence-corrected chi connectivity index (χ4v) is 6.83. The van der Waals surface area contributed by atoms with Crippen molar-refractivity contribution < 1.29 is 19.2 Å². The third kappa shape index (κ3) is 6.41. The molecule has 0 saturated heterocycles. The van der Waals surface area contributed by atoms with Crippen molar-refractivity contribution in [2.45, 2.75) is 0 Å². The highest BCUT2D eigenvalue weighted by atomic mass is 79.9. The number of rotatable bonds is 4. The van der Waals surface area contributed by atoms with Gasteiger partial charge in [0.2, 0.25) is 9.39 Å². The smallest absolute Gasteiger partial charge is 0.263 e. The van der Waals surface area contributed by atoms with Crippen LogP contribution < -0.4 is 10.6 Å². The lowest BCUT2D eigenvalue weighted by Gasteiger charge is -2.10. The van der Waals surface area contributed by atoms with E-state index in [9.17, 15) is 19.2 Å². The standard InChI is InChI=1S/C18H4Br8N2O4/c19-7-3-5(9(15(25)29)13(23)11(7)21)17(31)27-1-2-28-18(32)6-4-8(20)12(22)14(24)10(6)16(26)30/h3-4H,(H,27,31)(H,28,32). The molecule has 0 aliphatic carbocycles. The van der Waals surface area contributed by atoms with Gasteiger partial charge in [0.25, 0.3) is 11.8 Å². The van der Waals surface area contributed by atoms with E-state index in [1.54, 1.807) is 0 Å². The van der Waals surface area contributed by atoms with Crippen LogP contribution in [0.5, 0.6) is 0 Å². The van der Waals surface area contributed by atoms with E-state index in [-0.39, 0.29) is 22.3 Å². The van der Waals surface area contributed by atoms with Gasteiger partial charge in [-0.1, -0.05) is 0 Å². The van der Waals surface area contributed by atoms with Crippen molar-refractivity contribution in [1.82, 2.24) is 10.6 Å². The summed E-state index contributed by atoms with van der Waals surface area (Å²) in [5, 5.41) is 4.59. The van der Waals surface area contributed by atoms with E-state index in [2.05, 4.69) is 150 Å². The van der Waals surface area contributed by atoms with E-state index in [1.807, 2.05) is 0 Å². The van der Waals surface area contributed by atoms with Crippen molar-refractivity contribution in [2.75, 3.05) is 0 Å². The van der Waals surface area contributed by atoms with Crippen LogP contribution in [0.4, 0.5) is 0 Å². The molecule has 0 aliphatic rings. The molecule has 0 radical (unpaired) electrons. The molecule has 0 aromatic heterocycles. The van der Waals surface area contributed by atoms with Crippen LogP contribution in [0.3, 0.4) is 0 Å². The minimum Gasteiger partial charge on any atom is -0.281 e. The monoisotopic (exact) mass is 943 g/mol. The van der Waals surface area contributed by atoms with Gasteiger partial charge in [-0.2, -0.15) is 0 Å². The first-order valence-electron chi connectivity index (χ1n) is 7.73. The summed E-state index contributed by atoms with van der Waals surface area (Å²) in [6, 6.07) is 7.52. The van der Waals surface area contributed by atoms with Crippen molar-refractivity contribution in [1.29, 1.82) is 0 Å². The number of benzene rings is 2. The molecule has 2 rings (SSSR count). The van der Waals surface area contributed by atoms with Crippen LogP contribution >= 0.6 is 127 Å². The number of carbonyl (C=O) groups excluding carboxylic acids is 4. The molecule has 6 nitrogen and oxygen atoms in total. The number of nitrogens with one attached hydrogen (secondary N) is 2. The van der Waals surface area contributed by atoms with E-state index in [1.165, 1.54) is 12.1 Å². The zero-order valence-corrected chi connectivity index (χ0v) is 27.5. The van der Waals surface area contributed by atoms with Crippen molar-refractivity contribution in [2.24, 2.45) is 0 Å². The molecule has 2 N–H and O–H groups in total. The predicted molar refractivity (Wildman–Crippen MR) is 148 cm³/mol. The molecule has 0 bridgehead atoms. The molecular weight excluding hydrogens is 947 g/mol. The highest BCUT2D eigenvalue weighted by Crippen LogP contribution is 2.38.